The zero-order chi connectivity index (χ0) is 36.3. The molecular weight excluding hydrogens is 687 g/mol. The first kappa shape index (κ1) is 37.4. The Morgan fingerprint density at radius 1 is 0.922 bits per heavy atom. The maximum absolute atomic E-state index is 12.5. The van der Waals surface area contributed by atoms with E-state index in [1.165, 1.54) is 5.56 Å². The average molecular weight is 740 g/mol. The molecule has 3 aliphatic heterocycles. The van der Waals surface area contributed by atoms with E-state index in [1.807, 2.05) is 66.8 Å². The quantitative estimate of drug-likeness (QED) is 0.250. The van der Waals surface area contributed by atoms with Crippen LogP contribution in [0.15, 0.2) is 42.5 Å². The lowest BCUT2D eigenvalue weighted by Crippen LogP contribution is -2.45. The topological polar surface area (TPSA) is 117 Å². The smallest absolute Gasteiger partial charge is 0.410 e. The molecule has 10 nitrogen and oxygen atoms in total. The van der Waals surface area contributed by atoms with Crippen LogP contribution in [-0.4, -0.2) is 92.7 Å². The van der Waals surface area contributed by atoms with Gasteiger partial charge in [-0.3, -0.25) is 4.68 Å². The van der Waals surface area contributed by atoms with Crippen LogP contribution in [0.1, 0.15) is 68.8 Å². The van der Waals surface area contributed by atoms with Gasteiger partial charge in [0.25, 0.3) is 0 Å². The minimum atomic E-state index is -0.593. The van der Waals surface area contributed by atoms with Crippen molar-refractivity contribution in [1.82, 2.24) is 24.5 Å². The van der Waals surface area contributed by atoms with E-state index in [-0.39, 0.29) is 6.09 Å². The minimum absolute atomic E-state index is 0.205. The molecule has 3 N–H and O–H groups in total. The number of nitrogens with zero attached hydrogens (tertiary/aromatic N) is 5. The third-order valence-corrected chi connectivity index (χ3v) is 11.3. The number of nitrogens with two attached hydrogens (primary N) is 1. The van der Waals surface area contributed by atoms with Crippen LogP contribution in [0.5, 0.6) is 0 Å². The van der Waals surface area contributed by atoms with E-state index in [2.05, 4.69) is 11.0 Å². The molecule has 2 saturated heterocycles. The molecule has 0 saturated carbocycles. The summed E-state index contributed by atoms with van der Waals surface area (Å²) in [4.78, 5) is 30.6. The molecule has 3 aromatic rings. The van der Waals surface area contributed by atoms with Crippen molar-refractivity contribution >= 4 is 35.3 Å². The molecule has 0 unspecified atom stereocenters. The molecule has 1 aromatic heterocycles. The normalized spacial score (nSPS) is 18.5. The molecule has 3 aliphatic rings. The number of rotatable bonds is 9. The van der Waals surface area contributed by atoms with Gasteiger partial charge in [0.2, 0.25) is 0 Å². The van der Waals surface area contributed by atoms with Crippen LogP contribution in [0, 0.1) is 11.8 Å². The third kappa shape index (κ3) is 9.57. The van der Waals surface area contributed by atoms with Gasteiger partial charge in [0.1, 0.15) is 5.60 Å². The number of likely N-dealkylation sites (tertiary alicyclic amines) is 2. The van der Waals surface area contributed by atoms with Gasteiger partial charge in [0.05, 0.1) is 24.9 Å². The number of aliphatic hydroxyl groups excluding tert-OH is 1. The van der Waals surface area contributed by atoms with Crippen molar-refractivity contribution in [1.29, 1.82) is 0 Å². The number of piperidine rings is 2. The van der Waals surface area contributed by atoms with E-state index in [4.69, 9.17) is 38.8 Å². The predicted octanol–water partition coefficient (Wildman–Crippen LogP) is 6.80. The number of aromatic nitrogens is 2. The van der Waals surface area contributed by atoms with Crippen molar-refractivity contribution in [3.8, 4) is 11.3 Å². The molecule has 6 rings (SSSR count). The summed E-state index contributed by atoms with van der Waals surface area (Å²) in [6.07, 6.45) is 5.63. The average Bonchev–Trinajstić information content (AvgIpc) is 3.45. The van der Waals surface area contributed by atoms with Crippen molar-refractivity contribution in [3.05, 3.63) is 74.9 Å². The highest BCUT2D eigenvalue weighted by molar-refractivity contribution is 6.31. The summed E-state index contributed by atoms with van der Waals surface area (Å²) in [6.45, 7) is 11.0. The maximum atomic E-state index is 12.5. The molecule has 0 radical (unpaired) electrons. The van der Waals surface area contributed by atoms with Gasteiger partial charge in [-0.25, -0.2) is 9.59 Å². The lowest BCUT2D eigenvalue weighted by molar-refractivity contribution is 0.0123. The van der Waals surface area contributed by atoms with Gasteiger partial charge in [0, 0.05) is 59.5 Å². The highest BCUT2D eigenvalue weighted by Gasteiger charge is 2.33. The molecule has 276 valence electrons. The van der Waals surface area contributed by atoms with Crippen molar-refractivity contribution < 1.29 is 19.4 Å². The number of carbonyl (C=O) groups is 2. The van der Waals surface area contributed by atoms with Crippen LogP contribution in [0.3, 0.4) is 0 Å². The van der Waals surface area contributed by atoms with Gasteiger partial charge in [-0.1, -0.05) is 41.4 Å². The first-order chi connectivity index (χ1) is 24.3. The number of primary amides is 1. The van der Waals surface area contributed by atoms with E-state index < -0.39 is 17.7 Å². The number of amides is 3. The molecule has 2 aromatic carbocycles. The van der Waals surface area contributed by atoms with Gasteiger partial charge in [-0.05, 0) is 120 Å². The van der Waals surface area contributed by atoms with E-state index in [9.17, 15) is 14.7 Å². The molecular formula is C39H52Cl2N6O4. The van der Waals surface area contributed by atoms with Gasteiger partial charge in [-0.2, -0.15) is 5.10 Å². The number of hydrogen-bond acceptors (Lipinski definition) is 6. The first-order valence-electron chi connectivity index (χ1n) is 18.4. The summed E-state index contributed by atoms with van der Waals surface area (Å²) in [6, 6.07) is 13.4. The Kier molecular flexibility index (Phi) is 11.9. The summed E-state index contributed by atoms with van der Waals surface area (Å²) in [5.41, 5.74) is 11.2. The van der Waals surface area contributed by atoms with Crippen LogP contribution in [0.4, 0.5) is 9.59 Å². The Hall–Kier alpha value is -3.31. The monoisotopic (exact) mass is 738 g/mol. The van der Waals surface area contributed by atoms with Crippen molar-refractivity contribution in [3.63, 3.8) is 0 Å². The second-order valence-electron chi connectivity index (χ2n) is 15.5. The van der Waals surface area contributed by atoms with E-state index in [1.54, 1.807) is 4.90 Å². The van der Waals surface area contributed by atoms with Crippen LogP contribution >= 0.6 is 23.2 Å². The zero-order valence-corrected chi connectivity index (χ0v) is 31.6. The second kappa shape index (κ2) is 16.1. The minimum Gasteiger partial charge on any atom is -0.444 e. The molecule has 12 heteroatoms. The van der Waals surface area contributed by atoms with Gasteiger partial charge >= 0.3 is 12.1 Å². The predicted molar refractivity (Wildman–Crippen MR) is 201 cm³/mol. The lowest BCUT2D eigenvalue weighted by atomic mass is 9.79. The van der Waals surface area contributed by atoms with Gasteiger partial charge in [0.15, 0.2) is 0 Å². The fraction of sp³-hybridized carbons (Fsp3) is 0.564. The molecule has 1 atom stereocenters. The summed E-state index contributed by atoms with van der Waals surface area (Å²) in [5, 5.41) is 17.8. The maximum Gasteiger partial charge on any atom is 0.410 e. The Balaban J connectivity index is 1.07. The molecule has 0 bridgehead atoms. The number of β-amino-alcohol motifs (C(OH)–C–C–N with tert-alkyl or cyclic N) is 1. The zero-order valence-electron chi connectivity index (χ0n) is 30.1. The van der Waals surface area contributed by atoms with Crippen molar-refractivity contribution in [2.75, 3.05) is 39.3 Å². The summed E-state index contributed by atoms with van der Waals surface area (Å²) < 4.78 is 7.52. The van der Waals surface area contributed by atoms with Gasteiger partial charge in [-0.15, -0.1) is 0 Å². The van der Waals surface area contributed by atoms with Crippen molar-refractivity contribution in [2.24, 2.45) is 17.6 Å². The highest BCUT2D eigenvalue weighted by atomic mass is 35.5. The molecule has 2 fully saturated rings. The fourth-order valence-electron chi connectivity index (χ4n) is 7.95. The van der Waals surface area contributed by atoms with Crippen LogP contribution in [0.2, 0.25) is 10.0 Å². The molecule has 0 aliphatic carbocycles. The number of benzene rings is 2. The molecule has 51 heavy (non-hydrogen) atoms. The Morgan fingerprint density at radius 3 is 2.24 bits per heavy atom. The van der Waals surface area contributed by atoms with E-state index >= 15 is 0 Å². The van der Waals surface area contributed by atoms with E-state index in [0.717, 1.165) is 92.8 Å². The van der Waals surface area contributed by atoms with E-state index in [0.29, 0.717) is 54.5 Å². The number of urea groups is 1. The Labute approximate surface area is 311 Å². The number of ether oxygens (including phenoxy) is 1. The number of aryl methyl sites for hydroxylation is 2. The number of fused-ring (bicyclic) bond motifs is 1. The standard InChI is InChI=1S/C39H52Cl2N6O4/c1-39(2,3)51-38(50)45-19-14-28(15-20-45)27-12-17-44(18-13-27)23-32(48)24-47-35-16-21-46(37(42)49)25-33(35)36(43-47)30-8-11-34(41)29(22-30)7-4-26-5-9-31(40)10-6-26/h5-6,8-11,22,27-28,32,48H,4,7,12-21,23-25H2,1-3H3,(H2,42,49)/t32-/m0/s1. The largest absolute Gasteiger partial charge is 0.444 e. The fourth-order valence-corrected chi connectivity index (χ4v) is 8.29. The summed E-state index contributed by atoms with van der Waals surface area (Å²) in [7, 11) is 0. The number of aliphatic hydroxyl groups is 1. The highest BCUT2D eigenvalue weighted by Crippen LogP contribution is 2.35. The number of hydrogen-bond donors (Lipinski definition) is 2. The third-order valence-electron chi connectivity index (χ3n) is 10.7. The molecule has 4 heterocycles. The number of carbonyl (C=O) groups excluding carboxylic acids is 2. The Morgan fingerprint density at radius 2 is 1.59 bits per heavy atom. The van der Waals surface area contributed by atoms with Crippen LogP contribution in [0.25, 0.3) is 11.3 Å². The second-order valence-corrected chi connectivity index (χ2v) is 16.3. The van der Waals surface area contributed by atoms with Crippen LogP contribution < -0.4 is 5.73 Å². The summed E-state index contributed by atoms with van der Waals surface area (Å²) >= 11 is 12.7. The molecule has 0 spiro atoms. The molecule has 3 amide bonds. The number of halogens is 2. The van der Waals surface area contributed by atoms with Gasteiger partial charge < -0.3 is 30.3 Å². The lowest BCUT2D eigenvalue weighted by Gasteiger charge is -2.40. The first-order valence-corrected chi connectivity index (χ1v) is 19.1. The summed E-state index contributed by atoms with van der Waals surface area (Å²) in [5.74, 6) is 1.26. The SMILES string of the molecule is CC(C)(C)OC(=O)N1CCC(C2CCN(C[C@H](O)Cn3nc(-c4ccc(Cl)c(CCc5ccc(Cl)cc5)c4)c4c3CCN(C(N)=O)C4)CC2)CC1. The van der Waals surface area contributed by atoms with Crippen molar-refractivity contribution in [2.45, 2.75) is 90.5 Å². The van der Waals surface area contributed by atoms with Crippen LogP contribution in [-0.2, 0) is 37.1 Å². The Bertz CT molecular complexity index is 1670.